The van der Waals surface area contributed by atoms with Crippen LogP contribution in [0.4, 0.5) is 4.79 Å². The van der Waals surface area contributed by atoms with Crippen LogP contribution in [0.1, 0.15) is 18.4 Å². The van der Waals surface area contributed by atoms with Crippen molar-refractivity contribution in [3.8, 4) is 5.75 Å². The molecule has 4 nitrogen and oxygen atoms in total. The quantitative estimate of drug-likeness (QED) is 0.806. The summed E-state index contributed by atoms with van der Waals surface area (Å²) in [5.74, 6) is 0.795. The standard InChI is InChI=1S/C13H17ClN2O2/c1-9-8-10(14)2-5-12(9)18-7-6-15-13(17)16-11-3-4-11/h2,5,8,11H,3-4,6-7H2,1H3,(H2,15,16,17). The van der Waals surface area contributed by atoms with Crippen LogP contribution in [0.5, 0.6) is 5.75 Å². The lowest BCUT2D eigenvalue weighted by Gasteiger charge is -2.10. The molecule has 1 aliphatic carbocycles. The van der Waals surface area contributed by atoms with Gasteiger partial charge in [0.05, 0.1) is 6.54 Å². The molecule has 0 bridgehead atoms. The van der Waals surface area contributed by atoms with Gasteiger partial charge in [-0.05, 0) is 43.5 Å². The number of urea groups is 1. The molecular weight excluding hydrogens is 252 g/mol. The van der Waals surface area contributed by atoms with Crippen LogP contribution >= 0.6 is 11.6 Å². The minimum Gasteiger partial charge on any atom is -0.491 e. The summed E-state index contributed by atoms with van der Waals surface area (Å²) in [6.45, 7) is 2.87. The van der Waals surface area contributed by atoms with Gasteiger partial charge in [0.1, 0.15) is 12.4 Å². The van der Waals surface area contributed by atoms with E-state index in [0.717, 1.165) is 24.2 Å². The van der Waals surface area contributed by atoms with Crippen LogP contribution in [-0.2, 0) is 0 Å². The third-order valence-electron chi connectivity index (χ3n) is 2.69. The van der Waals surface area contributed by atoms with Crippen LogP contribution in [0.25, 0.3) is 0 Å². The SMILES string of the molecule is Cc1cc(Cl)ccc1OCCNC(=O)NC1CC1. The van der Waals surface area contributed by atoms with E-state index in [1.807, 2.05) is 19.1 Å². The van der Waals surface area contributed by atoms with E-state index in [0.29, 0.717) is 24.2 Å². The van der Waals surface area contributed by atoms with Crippen molar-refractivity contribution in [1.82, 2.24) is 10.6 Å². The second-order valence-corrected chi connectivity index (χ2v) is 4.87. The minimum atomic E-state index is -0.117. The summed E-state index contributed by atoms with van der Waals surface area (Å²) in [5, 5.41) is 6.30. The molecule has 0 heterocycles. The second kappa shape index (κ2) is 5.96. The van der Waals surface area contributed by atoms with Gasteiger partial charge in [0.25, 0.3) is 0 Å². The molecule has 2 N–H and O–H groups in total. The molecule has 0 spiro atoms. The van der Waals surface area contributed by atoms with E-state index >= 15 is 0 Å². The average Bonchev–Trinajstić information content (AvgIpc) is 3.10. The Morgan fingerprint density at radius 2 is 2.28 bits per heavy atom. The van der Waals surface area contributed by atoms with Crippen molar-refractivity contribution in [2.75, 3.05) is 13.2 Å². The van der Waals surface area contributed by atoms with E-state index in [1.54, 1.807) is 6.07 Å². The van der Waals surface area contributed by atoms with Gasteiger partial charge in [0, 0.05) is 11.1 Å². The van der Waals surface area contributed by atoms with E-state index in [-0.39, 0.29) is 6.03 Å². The van der Waals surface area contributed by atoms with Crippen LogP contribution in [0.2, 0.25) is 5.02 Å². The molecule has 98 valence electrons. The highest BCUT2D eigenvalue weighted by Crippen LogP contribution is 2.21. The number of amides is 2. The molecule has 0 saturated heterocycles. The minimum absolute atomic E-state index is 0.117. The summed E-state index contributed by atoms with van der Waals surface area (Å²) >= 11 is 5.85. The Balaban J connectivity index is 1.66. The van der Waals surface area contributed by atoms with Crippen LogP contribution in [-0.4, -0.2) is 25.2 Å². The zero-order valence-corrected chi connectivity index (χ0v) is 11.1. The van der Waals surface area contributed by atoms with E-state index in [4.69, 9.17) is 16.3 Å². The normalized spacial score (nSPS) is 14.1. The van der Waals surface area contributed by atoms with Crippen LogP contribution in [0, 0.1) is 6.92 Å². The molecule has 0 aliphatic heterocycles. The molecule has 2 amide bonds. The molecule has 0 radical (unpaired) electrons. The first kappa shape index (κ1) is 13.0. The first-order chi connectivity index (χ1) is 8.65. The molecule has 0 atom stereocenters. The summed E-state index contributed by atoms with van der Waals surface area (Å²) in [6.07, 6.45) is 2.18. The Bertz CT molecular complexity index is 433. The predicted molar refractivity (Wildman–Crippen MR) is 71.2 cm³/mol. The largest absolute Gasteiger partial charge is 0.491 e. The average molecular weight is 269 g/mol. The molecule has 2 rings (SSSR count). The van der Waals surface area contributed by atoms with Gasteiger partial charge in [-0.3, -0.25) is 0 Å². The first-order valence-electron chi connectivity index (χ1n) is 6.08. The maximum Gasteiger partial charge on any atom is 0.315 e. The van der Waals surface area contributed by atoms with Crippen molar-refractivity contribution in [2.45, 2.75) is 25.8 Å². The fourth-order valence-electron chi connectivity index (χ4n) is 1.56. The van der Waals surface area contributed by atoms with Gasteiger partial charge in [-0.15, -0.1) is 0 Å². The van der Waals surface area contributed by atoms with Crippen LogP contribution < -0.4 is 15.4 Å². The Kier molecular flexibility index (Phi) is 4.31. The van der Waals surface area contributed by atoms with Gasteiger partial charge in [-0.1, -0.05) is 11.6 Å². The number of carbonyl (C=O) groups is 1. The van der Waals surface area contributed by atoms with Gasteiger partial charge in [0.15, 0.2) is 0 Å². The Morgan fingerprint density at radius 3 is 2.94 bits per heavy atom. The molecule has 0 unspecified atom stereocenters. The number of benzene rings is 1. The van der Waals surface area contributed by atoms with Gasteiger partial charge in [0.2, 0.25) is 0 Å². The number of halogens is 1. The molecule has 5 heteroatoms. The first-order valence-corrected chi connectivity index (χ1v) is 6.46. The second-order valence-electron chi connectivity index (χ2n) is 4.43. The molecule has 1 saturated carbocycles. The van der Waals surface area contributed by atoms with Gasteiger partial charge >= 0.3 is 6.03 Å². The summed E-state index contributed by atoms with van der Waals surface area (Å²) in [4.78, 5) is 11.3. The highest BCUT2D eigenvalue weighted by molar-refractivity contribution is 6.30. The summed E-state index contributed by atoms with van der Waals surface area (Å²) in [7, 11) is 0. The highest BCUT2D eigenvalue weighted by atomic mass is 35.5. The van der Waals surface area contributed by atoms with Crippen LogP contribution in [0.15, 0.2) is 18.2 Å². The number of rotatable bonds is 5. The molecular formula is C13H17ClN2O2. The number of carbonyl (C=O) groups excluding carboxylic acids is 1. The Labute approximate surface area is 112 Å². The van der Waals surface area contributed by atoms with Crippen molar-refractivity contribution < 1.29 is 9.53 Å². The number of aryl methyl sites for hydroxylation is 1. The zero-order chi connectivity index (χ0) is 13.0. The predicted octanol–water partition coefficient (Wildman–Crippen LogP) is 2.49. The third-order valence-corrected chi connectivity index (χ3v) is 2.93. The molecule has 1 aromatic rings. The zero-order valence-electron chi connectivity index (χ0n) is 10.3. The molecule has 0 aromatic heterocycles. The van der Waals surface area contributed by atoms with Crippen molar-refractivity contribution in [3.63, 3.8) is 0 Å². The number of hydrogen-bond acceptors (Lipinski definition) is 2. The molecule has 1 aromatic carbocycles. The maximum atomic E-state index is 11.3. The van der Waals surface area contributed by atoms with E-state index < -0.39 is 0 Å². The van der Waals surface area contributed by atoms with Gasteiger partial charge in [-0.25, -0.2) is 4.79 Å². The number of ether oxygens (including phenoxy) is 1. The smallest absolute Gasteiger partial charge is 0.315 e. The summed E-state index contributed by atoms with van der Waals surface area (Å²) in [5.41, 5.74) is 0.991. The van der Waals surface area contributed by atoms with Gasteiger partial charge < -0.3 is 15.4 Å². The topological polar surface area (TPSA) is 50.4 Å². The maximum absolute atomic E-state index is 11.3. The molecule has 1 aliphatic rings. The van der Waals surface area contributed by atoms with E-state index in [2.05, 4.69) is 10.6 Å². The number of hydrogen-bond donors (Lipinski definition) is 2. The lowest BCUT2D eigenvalue weighted by atomic mass is 10.2. The van der Waals surface area contributed by atoms with Crippen molar-refractivity contribution >= 4 is 17.6 Å². The third kappa shape index (κ3) is 4.11. The van der Waals surface area contributed by atoms with Crippen molar-refractivity contribution in [1.29, 1.82) is 0 Å². The fraction of sp³-hybridized carbons (Fsp3) is 0.462. The Hall–Kier alpha value is -1.42. The molecule has 1 fully saturated rings. The summed E-state index contributed by atoms with van der Waals surface area (Å²) < 4.78 is 5.56. The van der Waals surface area contributed by atoms with E-state index in [9.17, 15) is 4.79 Å². The van der Waals surface area contributed by atoms with E-state index in [1.165, 1.54) is 0 Å². The fourth-order valence-corrected chi connectivity index (χ4v) is 1.79. The van der Waals surface area contributed by atoms with Crippen LogP contribution in [0.3, 0.4) is 0 Å². The van der Waals surface area contributed by atoms with Crippen molar-refractivity contribution in [3.05, 3.63) is 28.8 Å². The Morgan fingerprint density at radius 1 is 1.50 bits per heavy atom. The van der Waals surface area contributed by atoms with Gasteiger partial charge in [-0.2, -0.15) is 0 Å². The molecule has 18 heavy (non-hydrogen) atoms. The summed E-state index contributed by atoms with van der Waals surface area (Å²) in [6, 6.07) is 5.74. The lowest BCUT2D eigenvalue weighted by Crippen LogP contribution is -2.38. The highest BCUT2D eigenvalue weighted by Gasteiger charge is 2.22. The lowest BCUT2D eigenvalue weighted by molar-refractivity contribution is 0.236. The number of nitrogens with one attached hydrogen (secondary N) is 2. The van der Waals surface area contributed by atoms with Crippen molar-refractivity contribution in [2.24, 2.45) is 0 Å². The monoisotopic (exact) mass is 268 g/mol.